The summed E-state index contributed by atoms with van der Waals surface area (Å²) in [6.45, 7) is 0.914. The predicted octanol–water partition coefficient (Wildman–Crippen LogP) is 2.38. The molecule has 0 amide bonds. The van der Waals surface area contributed by atoms with Gasteiger partial charge in [0.2, 0.25) is 0 Å². The van der Waals surface area contributed by atoms with Gasteiger partial charge in [-0.3, -0.25) is 4.98 Å². The third kappa shape index (κ3) is 3.26. The molecule has 0 atom stereocenters. The Labute approximate surface area is 137 Å². The zero-order chi connectivity index (χ0) is 15.6. The molecule has 1 aliphatic rings. The predicted molar refractivity (Wildman–Crippen MR) is 89.8 cm³/mol. The molecule has 0 aliphatic heterocycles. The lowest BCUT2D eigenvalue weighted by Gasteiger charge is -2.09. The topological polar surface area (TPSA) is 88.8 Å². The Balaban J connectivity index is 1.54. The molecule has 2 N–H and O–H groups in total. The molecule has 1 fully saturated rings. The van der Waals surface area contributed by atoms with E-state index in [1.54, 1.807) is 12.4 Å². The van der Waals surface area contributed by atoms with Crippen LogP contribution in [0, 0.1) is 5.92 Å². The van der Waals surface area contributed by atoms with E-state index in [-0.39, 0.29) is 0 Å². The quantitative estimate of drug-likeness (QED) is 0.707. The molecular formula is C15H14N6OS. The Kier molecular flexibility index (Phi) is 3.58. The van der Waals surface area contributed by atoms with Crippen molar-refractivity contribution in [3.05, 3.63) is 30.8 Å². The van der Waals surface area contributed by atoms with E-state index >= 15 is 0 Å². The SMILES string of the molecule is S=C(NCC1CC1)Nc1ccc2ncc(-c3cnoc3)nc2n1. The van der Waals surface area contributed by atoms with Gasteiger partial charge in [-0.25, -0.2) is 9.97 Å². The van der Waals surface area contributed by atoms with Gasteiger partial charge in [0.05, 0.1) is 23.7 Å². The average Bonchev–Trinajstić information content (AvgIpc) is 3.24. The van der Waals surface area contributed by atoms with Crippen LogP contribution in [0.4, 0.5) is 5.82 Å². The monoisotopic (exact) mass is 326 g/mol. The third-order valence-corrected chi connectivity index (χ3v) is 3.87. The summed E-state index contributed by atoms with van der Waals surface area (Å²) in [6.07, 6.45) is 7.35. The highest BCUT2D eigenvalue weighted by Gasteiger charge is 2.20. The van der Waals surface area contributed by atoms with E-state index in [1.165, 1.54) is 19.1 Å². The zero-order valence-corrected chi connectivity index (χ0v) is 13.0. The highest BCUT2D eigenvalue weighted by atomic mass is 32.1. The number of fused-ring (bicyclic) bond motifs is 1. The van der Waals surface area contributed by atoms with Crippen LogP contribution >= 0.6 is 12.2 Å². The smallest absolute Gasteiger partial charge is 0.180 e. The van der Waals surface area contributed by atoms with Crippen LogP contribution in [0.1, 0.15) is 12.8 Å². The summed E-state index contributed by atoms with van der Waals surface area (Å²) in [7, 11) is 0. The third-order valence-electron chi connectivity index (χ3n) is 3.62. The van der Waals surface area contributed by atoms with Gasteiger partial charge < -0.3 is 15.2 Å². The van der Waals surface area contributed by atoms with Crippen LogP contribution in [0.3, 0.4) is 0 Å². The van der Waals surface area contributed by atoms with Gasteiger partial charge in [0.15, 0.2) is 10.8 Å². The van der Waals surface area contributed by atoms with Gasteiger partial charge in [-0.2, -0.15) is 0 Å². The van der Waals surface area contributed by atoms with Crippen LogP contribution in [0.15, 0.2) is 35.3 Å². The number of hydrogen-bond acceptors (Lipinski definition) is 6. The standard InChI is InChI=1S/C15H14N6OS/c23-15(17-5-9-1-2-9)21-13-4-3-11-14(20-13)19-12(7-16-11)10-6-18-22-8-10/h3-4,6-9H,1-2,5H2,(H2,17,19,20,21,23). The van der Waals surface area contributed by atoms with Gasteiger partial charge in [0.25, 0.3) is 0 Å². The molecule has 23 heavy (non-hydrogen) atoms. The molecule has 1 saturated carbocycles. The van der Waals surface area contributed by atoms with Crippen LogP contribution in [0.5, 0.6) is 0 Å². The minimum atomic E-state index is 0.540. The number of nitrogens with one attached hydrogen (secondary N) is 2. The molecule has 0 unspecified atom stereocenters. The first-order valence-corrected chi connectivity index (χ1v) is 7.77. The van der Waals surface area contributed by atoms with Crippen molar-refractivity contribution < 1.29 is 4.52 Å². The number of aromatic nitrogens is 4. The van der Waals surface area contributed by atoms with Crippen molar-refractivity contribution in [3.63, 3.8) is 0 Å². The van der Waals surface area contributed by atoms with Gasteiger partial charge >= 0.3 is 0 Å². The average molecular weight is 326 g/mol. The molecule has 0 saturated heterocycles. The van der Waals surface area contributed by atoms with Crippen molar-refractivity contribution in [1.29, 1.82) is 0 Å². The van der Waals surface area contributed by atoms with Gasteiger partial charge in [-0.15, -0.1) is 0 Å². The first-order valence-electron chi connectivity index (χ1n) is 7.36. The Bertz CT molecular complexity index is 846. The maximum Gasteiger partial charge on any atom is 0.180 e. The molecule has 0 radical (unpaired) electrons. The summed E-state index contributed by atoms with van der Waals surface area (Å²) in [6, 6.07) is 3.69. The van der Waals surface area contributed by atoms with Crippen molar-refractivity contribution >= 4 is 34.3 Å². The summed E-state index contributed by atoms with van der Waals surface area (Å²) >= 11 is 5.28. The Morgan fingerprint density at radius 2 is 2.17 bits per heavy atom. The van der Waals surface area contributed by atoms with Crippen LogP contribution in [0.2, 0.25) is 0 Å². The highest BCUT2D eigenvalue weighted by molar-refractivity contribution is 7.80. The number of nitrogens with zero attached hydrogens (tertiary/aromatic N) is 4. The lowest BCUT2D eigenvalue weighted by atomic mass is 10.2. The largest absolute Gasteiger partial charge is 0.364 e. The number of hydrogen-bond donors (Lipinski definition) is 2. The fraction of sp³-hybridized carbons (Fsp3) is 0.267. The van der Waals surface area contributed by atoms with Gasteiger partial charge in [0.1, 0.15) is 17.6 Å². The Morgan fingerprint density at radius 3 is 2.96 bits per heavy atom. The van der Waals surface area contributed by atoms with E-state index in [0.29, 0.717) is 27.8 Å². The second-order valence-electron chi connectivity index (χ2n) is 5.49. The molecule has 0 spiro atoms. The minimum Gasteiger partial charge on any atom is -0.364 e. The maximum absolute atomic E-state index is 5.28. The van der Waals surface area contributed by atoms with E-state index in [1.807, 2.05) is 12.1 Å². The van der Waals surface area contributed by atoms with Crippen molar-refractivity contribution in [2.75, 3.05) is 11.9 Å². The number of anilines is 1. The second kappa shape index (κ2) is 5.88. The van der Waals surface area contributed by atoms with Crippen molar-refractivity contribution in [1.82, 2.24) is 25.4 Å². The summed E-state index contributed by atoms with van der Waals surface area (Å²) in [5.41, 5.74) is 2.69. The molecule has 3 heterocycles. The number of thiocarbonyl (C=S) groups is 1. The van der Waals surface area contributed by atoms with Gasteiger partial charge in [-0.05, 0) is 43.1 Å². The van der Waals surface area contributed by atoms with Crippen molar-refractivity contribution in [3.8, 4) is 11.3 Å². The van der Waals surface area contributed by atoms with Gasteiger partial charge in [0, 0.05) is 6.54 Å². The molecule has 1 aliphatic carbocycles. The van der Waals surface area contributed by atoms with E-state index < -0.39 is 0 Å². The Hall–Kier alpha value is -2.61. The van der Waals surface area contributed by atoms with Crippen molar-refractivity contribution in [2.24, 2.45) is 5.92 Å². The summed E-state index contributed by atoms with van der Waals surface area (Å²) in [5.74, 6) is 1.40. The minimum absolute atomic E-state index is 0.540. The first-order chi connectivity index (χ1) is 11.3. The molecular weight excluding hydrogens is 312 g/mol. The van der Waals surface area contributed by atoms with E-state index in [9.17, 15) is 0 Å². The van der Waals surface area contributed by atoms with Crippen LogP contribution in [-0.2, 0) is 0 Å². The van der Waals surface area contributed by atoms with Crippen molar-refractivity contribution in [2.45, 2.75) is 12.8 Å². The van der Waals surface area contributed by atoms with E-state index in [0.717, 1.165) is 18.0 Å². The molecule has 4 rings (SSSR count). The molecule has 3 aromatic rings. The molecule has 116 valence electrons. The van der Waals surface area contributed by atoms with Crippen LogP contribution < -0.4 is 10.6 Å². The molecule has 0 aromatic carbocycles. The van der Waals surface area contributed by atoms with E-state index in [4.69, 9.17) is 16.7 Å². The molecule has 7 nitrogen and oxygen atoms in total. The van der Waals surface area contributed by atoms with Crippen LogP contribution in [0.25, 0.3) is 22.4 Å². The number of pyridine rings is 1. The maximum atomic E-state index is 5.28. The fourth-order valence-corrected chi connectivity index (χ4v) is 2.35. The van der Waals surface area contributed by atoms with Crippen LogP contribution in [-0.4, -0.2) is 31.8 Å². The molecule has 3 aromatic heterocycles. The normalized spacial score (nSPS) is 13.9. The zero-order valence-electron chi connectivity index (χ0n) is 12.2. The number of rotatable bonds is 4. The van der Waals surface area contributed by atoms with E-state index in [2.05, 4.69) is 30.7 Å². The molecule has 0 bridgehead atoms. The second-order valence-corrected chi connectivity index (χ2v) is 5.89. The Morgan fingerprint density at radius 1 is 1.26 bits per heavy atom. The lowest BCUT2D eigenvalue weighted by molar-refractivity contribution is 0.420. The molecule has 8 heteroatoms. The highest BCUT2D eigenvalue weighted by Crippen LogP contribution is 2.27. The summed E-state index contributed by atoms with van der Waals surface area (Å²) in [4.78, 5) is 13.3. The first kappa shape index (κ1) is 14.0. The summed E-state index contributed by atoms with van der Waals surface area (Å²) < 4.78 is 4.83. The fourth-order valence-electron chi connectivity index (χ4n) is 2.16. The lowest BCUT2D eigenvalue weighted by Crippen LogP contribution is -2.30. The summed E-state index contributed by atoms with van der Waals surface area (Å²) in [5, 5.41) is 10.5. The van der Waals surface area contributed by atoms with Gasteiger partial charge in [-0.1, -0.05) is 5.16 Å².